The molecule has 1 N–H and O–H groups in total. The molecule has 1 aromatic rings. The Morgan fingerprint density at radius 2 is 2.04 bits per heavy atom. The summed E-state index contributed by atoms with van der Waals surface area (Å²) >= 11 is 7.94. The van der Waals surface area contributed by atoms with E-state index < -0.39 is 0 Å². The number of amides is 2. The molecule has 0 aromatic heterocycles. The molecule has 0 radical (unpaired) electrons. The summed E-state index contributed by atoms with van der Waals surface area (Å²) in [6.45, 7) is 2.97. The number of likely N-dealkylation sites (tertiary alicyclic amines) is 1. The van der Waals surface area contributed by atoms with E-state index in [2.05, 4.69) is 5.32 Å². The second-order valence-corrected chi connectivity index (χ2v) is 8.08. The summed E-state index contributed by atoms with van der Waals surface area (Å²) in [5.41, 5.74) is 0.485. The molecule has 2 aliphatic heterocycles. The van der Waals surface area contributed by atoms with E-state index in [1.165, 1.54) is 0 Å². The molecule has 2 heterocycles. The molecule has 2 saturated heterocycles. The van der Waals surface area contributed by atoms with Crippen molar-refractivity contribution in [2.24, 2.45) is 0 Å². The van der Waals surface area contributed by atoms with Crippen molar-refractivity contribution in [3.8, 4) is 5.75 Å². The number of ether oxygens (including phenoxy) is 1. The third kappa shape index (κ3) is 4.82. The summed E-state index contributed by atoms with van der Waals surface area (Å²) < 4.78 is 6.09. The molecule has 25 heavy (non-hydrogen) atoms. The van der Waals surface area contributed by atoms with Crippen LogP contribution in [0, 0.1) is 0 Å². The van der Waals surface area contributed by atoms with Gasteiger partial charge < -0.3 is 15.0 Å². The lowest BCUT2D eigenvalue weighted by Crippen LogP contribution is -2.41. The normalized spacial score (nSPS) is 21.2. The predicted octanol–water partition coefficient (Wildman–Crippen LogP) is 2.97. The Morgan fingerprint density at radius 1 is 1.28 bits per heavy atom. The molecule has 1 unspecified atom stereocenters. The molecule has 136 valence electrons. The minimum Gasteiger partial charge on any atom is -0.489 e. The third-order valence-corrected chi connectivity index (χ3v) is 6.03. The highest BCUT2D eigenvalue weighted by Gasteiger charge is 2.25. The number of nitrogens with one attached hydrogen (secondary N) is 1. The third-order valence-electron chi connectivity index (χ3n) is 4.63. The van der Waals surface area contributed by atoms with Crippen LogP contribution < -0.4 is 10.1 Å². The Kier molecular flexibility index (Phi) is 6.12. The van der Waals surface area contributed by atoms with E-state index in [9.17, 15) is 9.59 Å². The number of thioether (sulfide) groups is 1. The summed E-state index contributed by atoms with van der Waals surface area (Å²) in [5, 5.41) is 3.59. The molecule has 1 aromatic carbocycles. The van der Waals surface area contributed by atoms with Crippen LogP contribution in [0.5, 0.6) is 5.75 Å². The summed E-state index contributed by atoms with van der Waals surface area (Å²) in [7, 11) is 0. The van der Waals surface area contributed by atoms with Gasteiger partial charge in [-0.25, -0.2) is 0 Å². The van der Waals surface area contributed by atoms with Crippen molar-refractivity contribution >= 4 is 35.2 Å². The highest BCUT2D eigenvalue weighted by Crippen LogP contribution is 2.27. The topological polar surface area (TPSA) is 58.6 Å². The van der Waals surface area contributed by atoms with Crippen LogP contribution in [0.25, 0.3) is 0 Å². The van der Waals surface area contributed by atoms with Crippen molar-refractivity contribution in [3.05, 3.63) is 28.8 Å². The monoisotopic (exact) mass is 382 g/mol. The van der Waals surface area contributed by atoms with Gasteiger partial charge in [0.05, 0.1) is 5.56 Å². The van der Waals surface area contributed by atoms with E-state index >= 15 is 0 Å². The molecule has 2 amide bonds. The van der Waals surface area contributed by atoms with Gasteiger partial charge in [0, 0.05) is 49.7 Å². The first-order chi connectivity index (χ1) is 12.0. The lowest BCUT2D eigenvalue weighted by Gasteiger charge is -2.31. The number of halogens is 1. The van der Waals surface area contributed by atoms with Crippen molar-refractivity contribution < 1.29 is 14.3 Å². The SMILES string of the molecule is CC(=O)N1CCC(Oc2ccc(Cl)cc2C(=O)NC2CCSC2)CC1. The fourth-order valence-electron chi connectivity index (χ4n) is 3.16. The van der Waals surface area contributed by atoms with Crippen LogP contribution in [0.2, 0.25) is 5.02 Å². The maximum absolute atomic E-state index is 12.6. The van der Waals surface area contributed by atoms with E-state index in [4.69, 9.17) is 16.3 Å². The van der Waals surface area contributed by atoms with Gasteiger partial charge in [0.15, 0.2) is 0 Å². The summed E-state index contributed by atoms with van der Waals surface area (Å²) in [5.74, 6) is 2.56. The van der Waals surface area contributed by atoms with Gasteiger partial charge in [0.1, 0.15) is 11.9 Å². The zero-order valence-corrected chi connectivity index (χ0v) is 15.9. The lowest BCUT2D eigenvalue weighted by molar-refractivity contribution is -0.130. The summed E-state index contributed by atoms with van der Waals surface area (Å²) in [4.78, 5) is 25.9. The molecule has 0 spiro atoms. The van der Waals surface area contributed by atoms with E-state index in [0.29, 0.717) is 29.4 Å². The Labute approximate surface area is 157 Å². The van der Waals surface area contributed by atoms with Crippen LogP contribution in [-0.2, 0) is 4.79 Å². The highest BCUT2D eigenvalue weighted by atomic mass is 35.5. The molecule has 1 atom stereocenters. The van der Waals surface area contributed by atoms with Gasteiger partial charge >= 0.3 is 0 Å². The van der Waals surface area contributed by atoms with E-state index in [1.807, 2.05) is 16.7 Å². The Hall–Kier alpha value is -1.40. The maximum atomic E-state index is 12.6. The molecule has 0 saturated carbocycles. The van der Waals surface area contributed by atoms with Crippen molar-refractivity contribution in [2.75, 3.05) is 24.6 Å². The number of benzene rings is 1. The van der Waals surface area contributed by atoms with Crippen molar-refractivity contribution in [1.29, 1.82) is 0 Å². The molecular formula is C18H23ClN2O3S. The first-order valence-electron chi connectivity index (χ1n) is 8.63. The van der Waals surface area contributed by atoms with Crippen LogP contribution in [0.3, 0.4) is 0 Å². The Morgan fingerprint density at radius 3 is 2.68 bits per heavy atom. The van der Waals surface area contributed by atoms with Crippen molar-refractivity contribution in [2.45, 2.75) is 38.3 Å². The van der Waals surface area contributed by atoms with Crippen molar-refractivity contribution in [1.82, 2.24) is 10.2 Å². The van der Waals surface area contributed by atoms with Gasteiger partial charge in [-0.05, 0) is 30.4 Å². The molecule has 2 fully saturated rings. The molecule has 0 aliphatic carbocycles. The minimum absolute atomic E-state index is 0.00496. The number of piperidine rings is 1. The Bertz CT molecular complexity index is 641. The second-order valence-electron chi connectivity index (χ2n) is 6.50. The zero-order valence-electron chi connectivity index (χ0n) is 14.3. The van der Waals surface area contributed by atoms with E-state index in [0.717, 1.165) is 30.8 Å². The van der Waals surface area contributed by atoms with Gasteiger partial charge in [-0.15, -0.1) is 0 Å². The van der Waals surface area contributed by atoms with Crippen LogP contribution in [0.15, 0.2) is 18.2 Å². The first kappa shape index (κ1) is 18.4. The Balaban J connectivity index is 1.66. The molecule has 2 aliphatic rings. The van der Waals surface area contributed by atoms with E-state index in [-0.39, 0.29) is 24.0 Å². The first-order valence-corrected chi connectivity index (χ1v) is 10.2. The molecule has 7 heteroatoms. The lowest BCUT2D eigenvalue weighted by atomic mass is 10.1. The fourth-order valence-corrected chi connectivity index (χ4v) is 4.49. The van der Waals surface area contributed by atoms with Crippen LogP contribution in [0.4, 0.5) is 0 Å². The van der Waals surface area contributed by atoms with Gasteiger partial charge in [-0.1, -0.05) is 11.6 Å². The number of nitrogens with zero attached hydrogens (tertiary/aromatic N) is 1. The second kappa shape index (κ2) is 8.32. The molecular weight excluding hydrogens is 360 g/mol. The van der Waals surface area contributed by atoms with Crippen molar-refractivity contribution in [3.63, 3.8) is 0 Å². The van der Waals surface area contributed by atoms with Gasteiger partial charge in [-0.3, -0.25) is 9.59 Å². The minimum atomic E-state index is -0.133. The molecule has 5 nitrogen and oxygen atoms in total. The molecule has 0 bridgehead atoms. The van der Waals surface area contributed by atoms with E-state index in [1.54, 1.807) is 25.1 Å². The predicted molar refractivity (Wildman–Crippen MR) is 101 cm³/mol. The van der Waals surface area contributed by atoms with Crippen LogP contribution in [-0.4, -0.2) is 53.5 Å². The largest absolute Gasteiger partial charge is 0.489 e. The fraction of sp³-hybridized carbons (Fsp3) is 0.556. The average molecular weight is 383 g/mol. The summed E-state index contributed by atoms with van der Waals surface area (Å²) in [6.07, 6.45) is 2.53. The zero-order chi connectivity index (χ0) is 17.8. The number of hydrogen-bond donors (Lipinski definition) is 1. The quantitative estimate of drug-likeness (QED) is 0.869. The van der Waals surface area contributed by atoms with Crippen LogP contribution in [0.1, 0.15) is 36.5 Å². The standard InChI is InChI=1S/C18H23ClN2O3S/c1-12(22)21-7-4-15(5-8-21)24-17-3-2-13(19)10-16(17)18(23)20-14-6-9-25-11-14/h2-3,10,14-15H,4-9,11H2,1H3,(H,20,23). The van der Waals surface area contributed by atoms with Gasteiger partial charge in [0.2, 0.25) is 5.91 Å². The van der Waals surface area contributed by atoms with Gasteiger partial charge in [-0.2, -0.15) is 11.8 Å². The highest BCUT2D eigenvalue weighted by molar-refractivity contribution is 7.99. The maximum Gasteiger partial charge on any atom is 0.255 e. The van der Waals surface area contributed by atoms with Gasteiger partial charge in [0.25, 0.3) is 5.91 Å². The molecule has 3 rings (SSSR count). The smallest absolute Gasteiger partial charge is 0.255 e. The van der Waals surface area contributed by atoms with Crippen LogP contribution >= 0.6 is 23.4 Å². The average Bonchev–Trinajstić information content (AvgIpc) is 3.10. The number of carbonyl (C=O) groups is 2. The number of hydrogen-bond acceptors (Lipinski definition) is 4. The number of rotatable bonds is 4. The summed E-state index contributed by atoms with van der Waals surface area (Å²) in [6, 6.07) is 5.38. The number of carbonyl (C=O) groups excluding carboxylic acids is 2.